The molecular formula is C21H22ClN3O4. The fourth-order valence-corrected chi connectivity index (χ4v) is 3.02. The first-order valence-electron chi connectivity index (χ1n) is 9.24. The van der Waals surface area contributed by atoms with Crippen LogP contribution in [0.25, 0.3) is 11.4 Å². The maximum Gasteiger partial charge on any atom is 0.227 e. The monoisotopic (exact) mass is 415 g/mol. The highest BCUT2D eigenvalue weighted by atomic mass is 35.5. The number of amides is 1. The first kappa shape index (κ1) is 20.8. The second kappa shape index (κ2) is 10.0. The standard InChI is InChI=1S/C21H22ClN3O4/c1-28-18-8-6-15(7-9-18)21-23-19(29-24-21)10-11-20(27)25(12-3-13-26)17-5-2-4-16(22)14-17/h2,4-9,14,26H,3,10-13H2,1H3. The van der Waals surface area contributed by atoms with Crippen molar-refractivity contribution < 1.29 is 19.2 Å². The molecule has 29 heavy (non-hydrogen) atoms. The topological polar surface area (TPSA) is 88.7 Å². The number of hydrogen-bond donors (Lipinski definition) is 1. The lowest BCUT2D eigenvalue weighted by Crippen LogP contribution is -2.32. The molecule has 0 aliphatic heterocycles. The van der Waals surface area contributed by atoms with E-state index >= 15 is 0 Å². The van der Waals surface area contributed by atoms with Crippen molar-refractivity contribution >= 4 is 23.2 Å². The number of carbonyl (C=O) groups is 1. The molecule has 0 bridgehead atoms. The second-order valence-corrected chi connectivity index (χ2v) is 6.78. The molecule has 1 heterocycles. The van der Waals surface area contributed by atoms with Gasteiger partial charge in [-0.1, -0.05) is 22.8 Å². The van der Waals surface area contributed by atoms with E-state index in [2.05, 4.69) is 10.1 Å². The first-order chi connectivity index (χ1) is 14.1. The molecule has 3 aromatic rings. The lowest BCUT2D eigenvalue weighted by atomic mass is 10.2. The number of halogens is 1. The summed E-state index contributed by atoms with van der Waals surface area (Å²) in [5, 5.41) is 13.7. The maximum atomic E-state index is 12.8. The number of aliphatic hydroxyl groups is 1. The molecule has 3 rings (SSSR count). The number of rotatable bonds is 9. The van der Waals surface area contributed by atoms with Gasteiger partial charge < -0.3 is 19.3 Å². The summed E-state index contributed by atoms with van der Waals surface area (Å²) in [6.45, 7) is 0.399. The first-order valence-corrected chi connectivity index (χ1v) is 9.62. The lowest BCUT2D eigenvalue weighted by molar-refractivity contribution is -0.118. The Morgan fingerprint density at radius 1 is 1.24 bits per heavy atom. The molecule has 0 spiro atoms. The number of methoxy groups -OCH3 is 1. The Morgan fingerprint density at radius 2 is 2.03 bits per heavy atom. The zero-order valence-electron chi connectivity index (χ0n) is 16.0. The van der Waals surface area contributed by atoms with E-state index < -0.39 is 0 Å². The van der Waals surface area contributed by atoms with E-state index in [9.17, 15) is 4.79 Å². The van der Waals surface area contributed by atoms with Crippen LogP contribution < -0.4 is 9.64 Å². The highest BCUT2D eigenvalue weighted by molar-refractivity contribution is 6.30. The van der Waals surface area contributed by atoms with E-state index in [0.29, 0.717) is 41.8 Å². The zero-order valence-corrected chi connectivity index (χ0v) is 16.8. The molecule has 1 N–H and O–H groups in total. The normalized spacial score (nSPS) is 10.7. The summed E-state index contributed by atoms with van der Waals surface area (Å²) in [7, 11) is 1.60. The summed E-state index contributed by atoms with van der Waals surface area (Å²) in [6.07, 6.45) is 0.987. The van der Waals surface area contributed by atoms with Crippen LogP contribution in [0.5, 0.6) is 5.75 Å². The Hall–Kier alpha value is -2.90. The van der Waals surface area contributed by atoms with Crippen molar-refractivity contribution in [3.63, 3.8) is 0 Å². The van der Waals surface area contributed by atoms with Gasteiger partial charge in [-0.3, -0.25) is 4.79 Å². The predicted molar refractivity (Wildman–Crippen MR) is 110 cm³/mol. The molecule has 0 unspecified atom stereocenters. The third-order valence-corrected chi connectivity index (χ3v) is 4.56. The van der Waals surface area contributed by atoms with E-state index in [0.717, 1.165) is 11.3 Å². The van der Waals surface area contributed by atoms with Gasteiger partial charge in [0.05, 0.1) is 7.11 Å². The highest BCUT2D eigenvalue weighted by Crippen LogP contribution is 2.22. The van der Waals surface area contributed by atoms with Gasteiger partial charge in [0.2, 0.25) is 17.6 Å². The van der Waals surface area contributed by atoms with Crippen LogP contribution in [0, 0.1) is 0 Å². The fraction of sp³-hybridized carbons (Fsp3) is 0.286. The van der Waals surface area contributed by atoms with E-state index in [-0.39, 0.29) is 18.9 Å². The molecule has 0 aliphatic carbocycles. The molecule has 8 heteroatoms. The third kappa shape index (κ3) is 5.56. The van der Waals surface area contributed by atoms with E-state index in [4.69, 9.17) is 26.0 Å². The quantitative estimate of drug-likeness (QED) is 0.572. The van der Waals surface area contributed by atoms with Crippen LogP contribution in [0.4, 0.5) is 5.69 Å². The molecule has 7 nitrogen and oxygen atoms in total. The minimum Gasteiger partial charge on any atom is -0.497 e. The van der Waals surface area contributed by atoms with Crippen molar-refractivity contribution in [2.75, 3.05) is 25.2 Å². The lowest BCUT2D eigenvalue weighted by Gasteiger charge is -2.22. The Labute approximate surface area is 173 Å². The van der Waals surface area contributed by atoms with Gasteiger partial charge in [-0.2, -0.15) is 4.98 Å². The van der Waals surface area contributed by atoms with Crippen LogP contribution in [0.3, 0.4) is 0 Å². The molecule has 2 aromatic carbocycles. The molecule has 152 valence electrons. The Kier molecular flexibility index (Phi) is 7.21. The van der Waals surface area contributed by atoms with Crippen LogP contribution in [0.2, 0.25) is 5.02 Å². The number of carbonyl (C=O) groups excluding carboxylic acids is 1. The van der Waals surface area contributed by atoms with Gasteiger partial charge in [-0.05, 0) is 48.9 Å². The fourth-order valence-electron chi connectivity index (χ4n) is 2.83. The Balaban J connectivity index is 1.65. The minimum atomic E-state index is -0.107. The summed E-state index contributed by atoms with van der Waals surface area (Å²) in [4.78, 5) is 18.8. The van der Waals surface area contributed by atoms with Gasteiger partial charge in [0.15, 0.2) is 0 Å². The third-order valence-electron chi connectivity index (χ3n) is 4.33. The molecule has 0 radical (unpaired) electrons. The van der Waals surface area contributed by atoms with Gasteiger partial charge in [-0.15, -0.1) is 0 Å². The average molecular weight is 416 g/mol. The van der Waals surface area contributed by atoms with Crippen LogP contribution in [-0.4, -0.2) is 41.4 Å². The van der Waals surface area contributed by atoms with Crippen molar-refractivity contribution in [3.05, 3.63) is 59.4 Å². The van der Waals surface area contributed by atoms with Crippen LogP contribution in [0.15, 0.2) is 53.1 Å². The van der Waals surface area contributed by atoms with Crippen molar-refractivity contribution in [3.8, 4) is 17.1 Å². The van der Waals surface area contributed by atoms with Crippen molar-refractivity contribution in [2.24, 2.45) is 0 Å². The van der Waals surface area contributed by atoms with Crippen molar-refractivity contribution in [2.45, 2.75) is 19.3 Å². The number of aliphatic hydroxyl groups excluding tert-OH is 1. The van der Waals surface area contributed by atoms with Crippen LogP contribution in [-0.2, 0) is 11.2 Å². The van der Waals surface area contributed by atoms with E-state index in [1.807, 2.05) is 30.3 Å². The van der Waals surface area contributed by atoms with Gasteiger partial charge >= 0.3 is 0 Å². The molecule has 0 aliphatic rings. The van der Waals surface area contributed by atoms with Crippen molar-refractivity contribution in [1.82, 2.24) is 10.1 Å². The number of anilines is 1. The Bertz CT molecular complexity index is 943. The number of nitrogens with zero attached hydrogens (tertiary/aromatic N) is 3. The smallest absolute Gasteiger partial charge is 0.227 e. The number of aromatic nitrogens is 2. The second-order valence-electron chi connectivity index (χ2n) is 6.34. The molecule has 0 atom stereocenters. The summed E-state index contributed by atoms with van der Waals surface area (Å²) >= 11 is 6.05. The van der Waals surface area contributed by atoms with Gasteiger partial charge in [0.1, 0.15) is 5.75 Å². The molecular weight excluding hydrogens is 394 g/mol. The molecule has 0 saturated heterocycles. The van der Waals surface area contributed by atoms with E-state index in [1.165, 1.54) is 0 Å². The number of ether oxygens (including phenoxy) is 1. The molecule has 0 fully saturated rings. The Morgan fingerprint density at radius 3 is 2.72 bits per heavy atom. The number of hydrogen-bond acceptors (Lipinski definition) is 6. The van der Waals surface area contributed by atoms with Gasteiger partial charge in [-0.25, -0.2) is 0 Å². The largest absolute Gasteiger partial charge is 0.497 e. The summed E-state index contributed by atoms with van der Waals surface area (Å²) in [6, 6.07) is 14.4. The SMILES string of the molecule is COc1ccc(-c2noc(CCC(=O)N(CCCO)c3cccc(Cl)c3)n2)cc1. The summed E-state index contributed by atoms with van der Waals surface area (Å²) in [5.74, 6) is 1.48. The highest BCUT2D eigenvalue weighted by Gasteiger charge is 2.18. The number of aryl methyl sites for hydroxylation is 1. The van der Waals surface area contributed by atoms with E-state index in [1.54, 1.807) is 30.2 Å². The van der Waals surface area contributed by atoms with Crippen LogP contribution in [0.1, 0.15) is 18.7 Å². The minimum absolute atomic E-state index is 0.000768. The predicted octanol–water partition coefficient (Wildman–Crippen LogP) is 3.75. The number of benzene rings is 2. The molecule has 1 amide bonds. The van der Waals surface area contributed by atoms with Crippen molar-refractivity contribution in [1.29, 1.82) is 0 Å². The van der Waals surface area contributed by atoms with Gasteiger partial charge in [0, 0.05) is 42.3 Å². The molecule has 0 saturated carbocycles. The summed E-state index contributed by atoms with van der Waals surface area (Å²) in [5.41, 5.74) is 1.50. The zero-order chi connectivity index (χ0) is 20.6. The summed E-state index contributed by atoms with van der Waals surface area (Å²) < 4.78 is 10.4. The van der Waals surface area contributed by atoms with Gasteiger partial charge in [0.25, 0.3) is 0 Å². The maximum absolute atomic E-state index is 12.8. The average Bonchev–Trinajstić information content (AvgIpc) is 3.22. The van der Waals surface area contributed by atoms with Crippen LogP contribution >= 0.6 is 11.6 Å². The molecule has 1 aromatic heterocycles.